The summed E-state index contributed by atoms with van der Waals surface area (Å²) in [5, 5.41) is 10.3. The molecule has 0 radical (unpaired) electrons. The Morgan fingerprint density at radius 3 is 2.79 bits per heavy atom. The summed E-state index contributed by atoms with van der Waals surface area (Å²) < 4.78 is 30.4. The fourth-order valence-electron chi connectivity index (χ4n) is 4.11. The lowest BCUT2D eigenvalue weighted by Crippen LogP contribution is -2.49. The van der Waals surface area contributed by atoms with Gasteiger partial charge < -0.3 is 5.32 Å². The zero-order valence-electron chi connectivity index (χ0n) is 18.5. The van der Waals surface area contributed by atoms with Gasteiger partial charge in [0, 0.05) is 12.6 Å². The number of thiophene rings is 1. The van der Waals surface area contributed by atoms with Crippen LogP contribution in [0, 0.1) is 13.8 Å². The summed E-state index contributed by atoms with van der Waals surface area (Å²) in [6.45, 7) is 4.10. The molecule has 1 unspecified atom stereocenters. The van der Waals surface area contributed by atoms with Crippen LogP contribution in [0.5, 0.6) is 0 Å². The van der Waals surface area contributed by atoms with E-state index < -0.39 is 16.1 Å². The van der Waals surface area contributed by atoms with E-state index in [0.717, 1.165) is 40.0 Å². The Kier molecular flexibility index (Phi) is 6.23. The van der Waals surface area contributed by atoms with Gasteiger partial charge >= 0.3 is 0 Å². The summed E-state index contributed by atoms with van der Waals surface area (Å²) in [5.74, 6) is 0.0608. The average molecular weight is 536 g/mol. The van der Waals surface area contributed by atoms with Crippen molar-refractivity contribution in [2.75, 3.05) is 11.9 Å². The Morgan fingerprint density at radius 1 is 1.24 bits per heavy atom. The topological polar surface area (TPSA) is 97.2 Å². The van der Waals surface area contributed by atoms with Crippen LogP contribution in [-0.2, 0) is 14.8 Å². The van der Waals surface area contributed by atoms with Crippen LogP contribution in [0.15, 0.2) is 39.9 Å². The third kappa shape index (κ3) is 4.16. The third-order valence-electron chi connectivity index (χ3n) is 5.76. The molecular weight excluding hydrogens is 514 g/mol. The Morgan fingerprint density at radius 2 is 2.06 bits per heavy atom. The highest BCUT2D eigenvalue weighted by atomic mass is 35.5. The minimum atomic E-state index is -3.75. The van der Waals surface area contributed by atoms with E-state index >= 15 is 0 Å². The van der Waals surface area contributed by atoms with Crippen LogP contribution in [0.2, 0.25) is 5.02 Å². The van der Waals surface area contributed by atoms with Crippen LogP contribution in [-0.4, -0.2) is 46.0 Å². The van der Waals surface area contributed by atoms with Crippen molar-refractivity contribution in [3.05, 3.63) is 52.0 Å². The molecule has 0 saturated carbocycles. The Balaban J connectivity index is 1.47. The maximum absolute atomic E-state index is 13.4. The molecule has 4 heterocycles. The molecule has 5 rings (SSSR count). The van der Waals surface area contributed by atoms with Crippen molar-refractivity contribution < 1.29 is 13.2 Å². The number of nitrogens with one attached hydrogen (secondary N) is 1. The number of nitrogens with zero attached hydrogens (tertiary/aromatic N) is 4. The summed E-state index contributed by atoms with van der Waals surface area (Å²) in [4.78, 5) is 18.1. The number of aromatic nitrogens is 3. The molecule has 1 aromatic carbocycles. The lowest BCUT2D eigenvalue weighted by molar-refractivity contribution is -0.120. The molecule has 8 nitrogen and oxygen atoms in total. The summed E-state index contributed by atoms with van der Waals surface area (Å²) in [7, 11) is -3.75. The SMILES string of the molecule is Cc1cc(NC(=O)C2CCCCN2S(=O)(=O)c2cccs2)n(-c2nc3c(C)ccc(Cl)c3s2)n1. The van der Waals surface area contributed by atoms with Crippen molar-refractivity contribution in [3.8, 4) is 5.13 Å². The number of halogens is 1. The summed E-state index contributed by atoms with van der Waals surface area (Å²) in [6, 6.07) is 7.98. The van der Waals surface area contributed by atoms with Crippen LogP contribution in [0.3, 0.4) is 0 Å². The second-order valence-corrected chi connectivity index (χ2v) is 12.6. The van der Waals surface area contributed by atoms with E-state index in [4.69, 9.17) is 16.6 Å². The van der Waals surface area contributed by atoms with Crippen molar-refractivity contribution in [1.29, 1.82) is 0 Å². The highest BCUT2D eigenvalue weighted by Crippen LogP contribution is 2.34. The predicted molar refractivity (Wildman–Crippen MR) is 136 cm³/mol. The Labute approximate surface area is 210 Å². The van der Waals surface area contributed by atoms with Crippen molar-refractivity contribution in [2.24, 2.45) is 0 Å². The van der Waals surface area contributed by atoms with E-state index in [0.29, 0.717) is 34.6 Å². The summed E-state index contributed by atoms with van der Waals surface area (Å²) in [5.41, 5.74) is 2.48. The molecule has 34 heavy (non-hydrogen) atoms. The number of hydrogen-bond acceptors (Lipinski definition) is 7. The lowest BCUT2D eigenvalue weighted by atomic mass is 10.0. The van der Waals surface area contributed by atoms with Gasteiger partial charge in [-0.3, -0.25) is 4.79 Å². The predicted octanol–water partition coefficient (Wildman–Crippen LogP) is 5.00. The standard InChI is InChI=1S/C22H22ClN5O3S3/c1-13-8-9-15(23)20-19(13)25-22(33-20)28-17(12-14(2)26-28)24-21(29)16-6-3-4-10-27(16)34(30,31)18-7-5-11-32-18/h5,7-9,11-12,16H,3-4,6,10H2,1-2H3,(H,24,29). The molecule has 3 aromatic heterocycles. The van der Waals surface area contributed by atoms with E-state index in [1.54, 1.807) is 28.3 Å². The molecule has 0 spiro atoms. The highest BCUT2D eigenvalue weighted by molar-refractivity contribution is 7.91. The summed E-state index contributed by atoms with van der Waals surface area (Å²) in [6.07, 6.45) is 1.96. The van der Waals surface area contributed by atoms with Crippen LogP contribution in [0.25, 0.3) is 15.3 Å². The van der Waals surface area contributed by atoms with Crippen molar-refractivity contribution in [2.45, 2.75) is 43.4 Å². The number of amides is 1. The van der Waals surface area contributed by atoms with E-state index in [-0.39, 0.29) is 10.1 Å². The second kappa shape index (κ2) is 9.04. The van der Waals surface area contributed by atoms with Gasteiger partial charge in [-0.1, -0.05) is 41.5 Å². The normalized spacial score (nSPS) is 17.3. The zero-order valence-corrected chi connectivity index (χ0v) is 21.7. The molecule has 12 heteroatoms. The lowest BCUT2D eigenvalue weighted by Gasteiger charge is -2.33. The first-order chi connectivity index (χ1) is 16.3. The van der Waals surface area contributed by atoms with Crippen molar-refractivity contribution in [3.63, 3.8) is 0 Å². The number of carbonyl (C=O) groups excluding carboxylic acids is 1. The average Bonchev–Trinajstić information content (AvgIpc) is 3.56. The molecule has 1 N–H and O–H groups in total. The molecule has 1 aliphatic heterocycles. The monoisotopic (exact) mass is 535 g/mol. The first kappa shape index (κ1) is 23.4. The number of carbonyl (C=O) groups is 1. The van der Waals surface area contributed by atoms with Crippen LogP contribution in [0.1, 0.15) is 30.5 Å². The molecule has 1 amide bonds. The molecule has 1 aliphatic rings. The largest absolute Gasteiger partial charge is 0.309 e. The van der Waals surface area contributed by atoms with Gasteiger partial charge in [0.2, 0.25) is 11.0 Å². The van der Waals surface area contributed by atoms with Crippen LogP contribution in [0.4, 0.5) is 5.82 Å². The first-order valence-electron chi connectivity index (χ1n) is 10.7. The molecule has 1 saturated heterocycles. The first-order valence-corrected chi connectivity index (χ1v) is 14.3. The molecule has 0 bridgehead atoms. The number of anilines is 1. The fourth-order valence-corrected chi connectivity index (χ4v) is 8.16. The van der Waals surface area contributed by atoms with Crippen LogP contribution >= 0.6 is 34.3 Å². The van der Waals surface area contributed by atoms with E-state index in [1.165, 1.54) is 15.6 Å². The molecule has 4 aromatic rings. The highest BCUT2D eigenvalue weighted by Gasteiger charge is 2.38. The van der Waals surface area contributed by atoms with Gasteiger partial charge in [0.05, 0.1) is 20.9 Å². The minimum absolute atomic E-state index is 0.245. The number of rotatable bonds is 5. The van der Waals surface area contributed by atoms with Crippen molar-refractivity contribution >= 4 is 66.2 Å². The Bertz CT molecular complexity index is 1440. The molecule has 0 aliphatic carbocycles. The van der Waals surface area contributed by atoms with E-state index in [9.17, 15) is 13.2 Å². The van der Waals surface area contributed by atoms with Gasteiger partial charge in [-0.05, 0) is 49.8 Å². The third-order valence-corrected chi connectivity index (χ3v) is 10.5. The number of hydrogen-bond donors (Lipinski definition) is 1. The van der Waals surface area contributed by atoms with E-state index in [2.05, 4.69) is 10.4 Å². The van der Waals surface area contributed by atoms with Crippen LogP contribution < -0.4 is 5.32 Å². The van der Waals surface area contributed by atoms with Crippen molar-refractivity contribution in [1.82, 2.24) is 19.1 Å². The Hall–Kier alpha value is -2.31. The van der Waals surface area contributed by atoms with Gasteiger partial charge in [0.15, 0.2) is 0 Å². The fraction of sp³-hybridized carbons (Fsp3) is 0.318. The molecular formula is C22H22ClN5O3S3. The number of benzene rings is 1. The minimum Gasteiger partial charge on any atom is -0.309 e. The number of piperidine rings is 1. The smallest absolute Gasteiger partial charge is 0.253 e. The van der Waals surface area contributed by atoms with Gasteiger partial charge in [-0.25, -0.2) is 13.4 Å². The van der Waals surface area contributed by atoms with Gasteiger partial charge in [-0.2, -0.15) is 14.1 Å². The molecule has 1 fully saturated rings. The summed E-state index contributed by atoms with van der Waals surface area (Å²) >= 11 is 8.91. The van der Waals surface area contributed by atoms with E-state index in [1.807, 2.05) is 26.0 Å². The number of fused-ring (bicyclic) bond motifs is 1. The quantitative estimate of drug-likeness (QED) is 0.388. The maximum Gasteiger partial charge on any atom is 0.253 e. The molecule has 178 valence electrons. The molecule has 1 atom stereocenters. The maximum atomic E-state index is 13.4. The number of sulfonamides is 1. The number of aryl methyl sites for hydroxylation is 2. The van der Waals surface area contributed by atoms with Gasteiger partial charge in [-0.15, -0.1) is 11.3 Å². The number of thiazole rings is 1. The zero-order chi connectivity index (χ0) is 24.0. The van der Waals surface area contributed by atoms with Gasteiger partial charge in [0.1, 0.15) is 16.1 Å². The second-order valence-electron chi connectivity index (χ2n) is 8.17. The van der Waals surface area contributed by atoms with Gasteiger partial charge in [0.25, 0.3) is 10.0 Å².